The fourth-order valence-electron chi connectivity index (χ4n) is 1.93. The molecule has 7 nitrogen and oxygen atoms in total. The lowest BCUT2D eigenvalue weighted by Gasteiger charge is -2.23. The molecule has 0 heterocycles. The van der Waals surface area contributed by atoms with Gasteiger partial charge in [0.25, 0.3) is 0 Å². The second-order valence-electron chi connectivity index (χ2n) is 5.55. The van der Waals surface area contributed by atoms with Gasteiger partial charge in [-0.25, -0.2) is 9.59 Å². The van der Waals surface area contributed by atoms with Gasteiger partial charge in [-0.05, 0) is 19.8 Å². The van der Waals surface area contributed by atoms with E-state index in [-0.39, 0.29) is 12.0 Å². The molecule has 0 bridgehead atoms. The fourth-order valence-corrected chi connectivity index (χ4v) is 1.93. The van der Waals surface area contributed by atoms with E-state index in [1.807, 2.05) is 0 Å². The van der Waals surface area contributed by atoms with Crippen LogP contribution in [0.5, 0.6) is 0 Å². The minimum absolute atomic E-state index is 0.0359. The van der Waals surface area contributed by atoms with Crippen molar-refractivity contribution in [3.05, 3.63) is 23.8 Å². The molecule has 7 heteroatoms. The molecule has 0 aromatic heterocycles. The largest absolute Gasteiger partial charge is 0.481 e. The van der Waals surface area contributed by atoms with Crippen LogP contribution in [0.1, 0.15) is 46.0 Å². The van der Waals surface area contributed by atoms with Gasteiger partial charge in [-0.1, -0.05) is 44.4 Å². The number of carboxylic acid groups (broad SMARTS) is 3. The molecule has 4 N–H and O–H groups in total. The molecule has 0 spiro atoms. The van der Waals surface area contributed by atoms with Gasteiger partial charge in [0.15, 0.2) is 0 Å². The number of allylic oxidation sites excluding steroid dienone is 2. The Kier molecular flexibility index (Phi) is 9.37. The van der Waals surface area contributed by atoms with Crippen LogP contribution in [0.4, 0.5) is 4.79 Å². The van der Waals surface area contributed by atoms with Crippen LogP contribution in [0.25, 0.3) is 0 Å². The molecule has 0 radical (unpaired) electrons. The topological polar surface area (TPSA) is 124 Å². The smallest absolute Gasteiger partial charge is 0.404 e. The van der Waals surface area contributed by atoms with Crippen LogP contribution in [0.3, 0.4) is 0 Å². The minimum Gasteiger partial charge on any atom is -0.481 e. The Morgan fingerprint density at radius 1 is 1.17 bits per heavy atom. The summed E-state index contributed by atoms with van der Waals surface area (Å²) in [6.07, 6.45) is 7.98. The molecule has 1 aliphatic carbocycles. The molecule has 130 valence electrons. The monoisotopic (exact) mass is 327 g/mol. The minimum atomic E-state index is -1.08. The highest BCUT2D eigenvalue weighted by molar-refractivity contribution is 5.90. The van der Waals surface area contributed by atoms with Gasteiger partial charge < -0.3 is 20.6 Å². The van der Waals surface area contributed by atoms with Gasteiger partial charge in [-0.2, -0.15) is 0 Å². The van der Waals surface area contributed by atoms with E-state index >= 15 is 0 Å². The molecule has 0 saturated heterocycles. The van der Waals surface area contributed by atoms with Crippen molar-refractivity contribution in [2.75, 3.05) is 6.54 Å². The van der Waals surface area contributed by atoms with E-state index in [9.17, 15) is 14.4 Å². The van der Waals surface area contributed by atoms with Gasteiger partial charge in [-0.3, -0.25) is 4.79 Å². The molecule has 0 aliphatic heterocycles. The Balaban J connectivity index is 0.000000438. The van der Waals surface area contributed by atoms with E-state index in [1.165, 1.54) is 38.0 Å². The van der Waals surface area contributed by atoms with Crippen LogP contribution in [-0.2, 0) is 9.59 Å². The van der Waals surface area contributed by atoms with Crippen LogP contribution in [0.15, 0.2) is 23.8 Å². The second-order valence-corrected chi connectivity index (χ2v) is 5.55. The lowest BCUT2D eigenvalue weighted by molar-refractivity contribution is -0.145. The van der Waals surface area contributed by atoms with Crippen molar-refractivity contribution < 1.29 is 29.7 Å². The van der Waals surface area contributed by atoms with Crippen molar-refractivity contribution in [2.24, 2.45) is 5.41 Å². The zero-order valence-electron chi connectivity index (χ0n) is 13.5. The number of carboxylic acids is 2. The molecule has 1 atom stereocenters. The van der Waals surface area contributed by atoms with E-state index in [1.54, 1.807) is 0 Å². The fraction of sp³-hybridized carbons (Fsp3) is 0.562. The molecule has 1 amide bonds. The van der Waals surface area contributed by atoms with Gasteiger partial charge in [0.05, 0.1) is 5.41 Å². The third-order valence-corrected chi connectivity index (χ3v) is 3.39. The molecular weight excluding hydrogens is 302 g/mol. The Labute approximate surface area is 135 Å². The average molecular weight is 327 g/mol. The molecular formula is C16H25NO6. The number of carbonyl (C=O) groups is 3. The summed E-state index contributed by atoms with van der Waals surface area (Å²) in [5.41, 5.74) is -0.949. The summed E-state index contributed by atoms with van der Waals surface area (Å²) in [6.45, 7) is 4.22. The zero-order chi connectivity index (χ0) is 17.9. The summed E-state index contributed by atoms with van der Waals surface area (Å²) in [4.78, 5) is 31.3. The summed E-state index contributed by atoms with van der Waals surface area (Å²) in [5.74, 6) is -2.06. The Morgan fingerprint density at radius 3 is 2.30 bits per heavy atom. The first-order chi connectivity index (χ1) is 10.7. The first-order valence-corrected chi connectivity index (χ1v) is 7.54. The zero-order valence-corrected chi connectivity index (χ0v) is 13.5. The molecule has 0 aromatic rings. The summed E-state index contributed by atoms with van der Waals surface area (Å²) in [5, 5.41) is 28.0. The van der Waals surface area contributed by atoms with Crippen LogP contribution in [0, 0.1) is 5.41 Å². The third-order valence-electron chi connectivity index (χ3n) is 3.39. The summed E-state index contributed by atoms with van der Waals surface area (Å²) >= 11 is 0. The van der Waals surface area contributed by atoms with E-state index < -0.39 is 23.4 Å². The average Bonchev–Trinajstić information content (AvgIpc) is 2.47. The molecule has 1 unspecified atom stereocenters. The summed E-state index contributed by atoms with van der Waals surface area (Å²) < 4.78 is 0. The Morgan fingerprint density at radius 2 is 1.83 bits per heavy atom. The van der Waals surface area contributed by atoms with Gasteiger partial charge in [0, 0.05) is 12.1 Å². The number of unbranched alkanes of at least 4 members (excludes halogenated alkanes) is 3. The van der Waals surface area contributed by atoms with E-state index in [0.29, 0.717) is 6.54 Å². The molecule has 0 fully saturated rings. The standard InChI is InChI=1S/C9H10O4.C7H15NO2/c1-9(8(12)13)4-2-3-6(5-9)7(10)11;1-2-3-4-5-6-8-7(9)10/h2-4H,5H2,1H3,(H,10,11)(H,12,13);8H,2-6H2,1H3,(H,9,10). The van der Waals surface area contributed by atoms with Crippen molar-refractivity contribution in [3.8, 4) is 0 Å². The van der Waals surface area contributed by atoms with Crippen LogP contribution in [0.2, 0.25) is 0 Å². The molecule has 1 aliphatic rings. The van der Waals surface area contributed by atoms with Gasteiger partial charge in [0.2, 0.25) is 0 Å². The number of hydrogen-bond donors (Lipinski definition) is 4. The number of nitrogens with one attached hydrogen (secondary N) is 1. The quantitative estimate of drug-likeness (QED) is 0.533. The van der Waals surface area contributed by atoms with Crippen LogP contribution >= 0.6 is 0 Å². The maximum absolute atomic E-state index is 10.8. The predicted molar refractivity (Wildman–Crippen MR) is 85.4 cm³/mol. The van der Waals surface area contributed by atoms with Crippen LogP contribution in [-0.4, -0.2) is 39.9 Å². The van der Waals surface area contributed by atoms with Gasteiger partial charge >= 0.3 is 18.0 Å². The normalized spacial score (nSPS) is 19.1. The summed E-state index contributed by atoms with van der Waals surface area (Å²) in [6, 6.07) is 0. The Bertz CT molecular complexity index is 483. The van der Waals surface area contributed by atoms with E-state index in [4.69, 9.17) is 15.3 Å². The second kappa shape index (κ2) is 10.4. The maximum atomic E-state index is 10.8. The first kappa shape index (κ1) is 20.7. The highest BCUT2D eigenvalue weighted by atomic mass is 16.4. The van der Waals surface area contributed by atoms with Gasteiger partial charge in [0.1, 0.15) is 0 Å². The lowest BCUT2D eigenvalue weighted by Crippen LogP contribution is -2.28. The maximum Gasteiger partial charge on any atom is 0.404 e. The molecule has 1 rings (SSSR count). The molecule has 0 aromatic carbocycles. The van der Waals surface area contributed by atoms with Crippen molar-refractivity contribution in [1.82, 2.24) is 5.32 Å². The van der Waals surface area contributed by atoms with Crippen molar-refractivity contribution >= 4 is 18.0 Å². The molecule has 23 heavy (non-hydrogen) atoms. The number of aliphatic carboxylic acids is 2. The predicted octanol–water partition coefficient (Wildman–Crippen LogP) is 2.88. The SMILES string of the molecule is CC1(C(=O)O)C=CC=C(C(=O)O)C1.CCCCCCNC(=O)O. The van der Waals surface area contributed by atoms with Crippen LogP contribution < -0.4 is 5.32 Å². The highest BCUT2D eigenvalue weighted by Crippen LogP contribution is 2.31. The Hall–Kier alpha value is -2.31. The van der Waals surface area contributed by atoms with Crippen molar-refractivity contribution in [3.63, 3.8) is 0 Å². The van der Waals surface area contributed by atoms with E-state index in [0.717, 1.165) is 12.8 Å². The van der Waals surface area contributed by atoms with Crippen molar-refractivity contribution in [1.29, 1.82) is 0 Å². The number of hydrogen-bond acceptors (Lipinski definition) is 3. The summed E-state index contributed by atoms with van der Waals surface area (Å²) in [7, 11) is 0. The van der Waals surface area contributed by atoms with Gasteiger partial charge in [-0.15, -0.1) is 0 Å². The lowest BCUT2D eigenvalue weighted by atomic mass is 9.80. The third kappa shape index (κ3) is 8.65. The number of rotatable bonds is 7. The molecule has 0 saturated carbocycles. The number of amides is 1. The highest BCUT2D eigenvalue weighted by Gasteiger charge is 2.34. The first-order valence-electron chi connectivity index (χ1n) is 7.54. The van der Waals surface area contributed by atoms with E-state index in [2.05, 4.69) is 12.2 Å². The van der Waals surface area contributed by atoms with Crippen molar-refractivity contribution in [2.45, 2.75) is 46.0 Å².